The summed E-state index contributed by atoms with van der Waals surface area (Å²) in [5, 5.41) is 14.2. The van der Waals surface area contributed by atoms with Crippen molar-refractivity contribution in [2.24, 2.45) is 0 Å². The van der Waals surface area contributed by atoms with E-state index in [9.17, 15) is 5.11 Å². The average molecular weight is 350 g/mol. The van der Waals surface area contributed by atoms with Gasteiger partial charge in [-0.1, -0.05) is 29.8 Å². The number of hydrogen-bond acceptors (Lipinski definition) is 4. The van der Waals surface area contributed by atoms with E-state index in [2.05, 4.69) is 12.2 Å². The minimum absolute atomic E-state index is 0.205. The van der Waals surface area contributed by atoms with Crippen LogP contribution in [-0.2, 0) is 6.42 Å². The number of benzene rings is 2. The predicted octanol–water partition coefficient (Wildman–Crippen LogP) is 3.61. The molecule has 5 heteroatoms. The van der Waals surface area contributed by atoms with Gasteiger partial charge in [-0.05, 0) is 48.7 Å². The molecule has 2 aromatic carbocycles. The fraction of sp³-hybridized carbons (Fsp3) is 0.368. The van der Waals surface area contributed by atoms with Gasteiger partial charge in [0.05, 0.1) is 20.3 Å². The smallest absolute Gasteiger partial charge is 0.160 e. The van der Waals surface area contributed by atoms with E-state index in [1.165, 1.54) is 0 Å². The summed E-state index contributed by atoms with van der Waals surface area (Å²) in [4.78, 5) is 0. The van der Waals surface area contributed by atoms with Crippen molar-refractivity contribution in [2.75, 3.05) is 20.8 Å². The van der Waals surface area contributed by atoms with Crippen molar-refractivity contribution in [3.63, 3.8) is 0 Å². The molecule has 0 heterocycles. The fourth-order valence-corrected chi connectivity index (χ4v) is 2.78. The van der Waals surface area contributed by atoms with Gasteiger partial charge in [-0.15, -0.1) is 0 Å². The Kier molecular flexibility index (Phi) is 6.91. The molecule has 1 unspecified atom stereocenters. The molecule has 4 nitrogen and oxygen atoms in total. The molecule has 0 amide bonds. The second-order valence-corrected chi connectivity index (χ2v) is 6.21. The van der Waals surface area contributed by atoms with Gasteiger partial charge in [-0.2, -0.15) is 0 Å². The van der Waals surface area contributed by atoms with Gasteiger partial charge in [0.15, 0.2) is 11.5 Å². The third-order valence-electron chi connectivity index (χ3n) is 3.88. The number of aliphatic hydroxyl groups is 1. The zero-order chi connectivity index (χ0) is 17.5. The van der Waals surface area contributed by atoms with Crippen molar-refractivity contribution < 1.29 is 14.6 Å². The molecule has 130 valence electrons. The first-order chi connectivity index (χ1) is 11.5. The zero-order valence-corrected chi connectivity index (χ0v) is 15.0. The predicted molar refractivity (Wildman–Crippen MR) is 97.1 cm³/mol. The van der Waals surface area contributed by atoms with Crippen LogP contribution in [0.4, 0.5) is 0 Å². The number of ether oxygens (including phenoxy) is 2. The van der Waals surface area contributed by atoms with Crippen LogP contribution in [0.15, 0.2) is 42.5 Å². The van der Waals surface area contributed by atoms with E-state index >= 15 is 0 Å². The molecular formula is C19H24ClNO3. The Bertz CT molecular complexity index is 663. The van der Waals surface area contributed by atoms with Crippen molar-refractivity contribution in [2.45, 2.75) is 25.5 Å². The second-order valence-electron chi connectivity index (χ2n) is 5.77. The van der Waals surface area contributed by atoms with E-state index in [1.54, 1.807) is 26.4 Å². The molecular weight excluding hydrogens is 326 g/mol. The highest BCUT2D eigenvalue weighted by Crippen LogP contribution is 2.28. The van der Waals surface area contributed by atoms with E-state index in [1.807, 2.05) is 30.3 Å². The van der Waals surface area contributed by atoms with Crippen LogP contribution in [-0.4, -0.2) is 31.9 Å². The molecule has 24 heavy (non-hydrogen) atoms. The van der Waals surface area contributed by atoms with Crippen molar-refractivity contribution in [3.8, 4) is 11.5 Å². The Morgan fingerprint density at radius 2 is 1.83 bits per heavy atom. The van der Waals surface area contributed by atoms with Crippen molar-refractivity contribution in [1.82, 2.24) is 5.32 Å². The Labute approximate surface area is 148 Å². The Hall–Kier alpha value is -1.75. The van der Waals surface area contributed by atoms with Crippen LogP contribution in [0.1, 0.15) is 24.2 Å². The summed E-state index contributed by atoms with van der Waals surface area (Å²) in [6.07, 6.45) is 0.236. The maximum Gasteiger partial charge on any atom is 0.160 e. The SMILES string of the molecule is COc1ccc(CC(C)NC[C@H](O)c2cccc(Cl)c2)cc1OC. The molecule has 2 aromatic rings. The minimum Gasteiger partial charge on any atom is -0.493 e. The normalized spacial score (nSPS) is 13.4. The Morgan fingerprint density at radius 3 is 2.50 bits per heavy atom. The number of hydrogen-bond donors (Lipinski definition) is 2. The summed E-state index contributed by atoms with van der Waals surface area (Å²) < 4.78 is 10.6. The lowest BCUT2D eigenvalue weighted by atomic mass is 10.1. The molecule has 2 atom stereocenters. The largest absolute Gasteiger partial charge is 0.493 e. The average Bonchev–Trinajstić information content (AvgIpc) is 2.59. The monoisotopic (exact) mass is 349 g/mol. The minimum atomic E-state index is -0.587. The van der Waals surface area contributed by atoms with Crippen molar-refractivity contribution in [3.05, 3.63) is 58.6 Å². The lowest BCUT2D eigenvalue weighted by Crippen LogP contribution is -2.32. The van der Waals surface area contributed by atoms with E-state index in [4.69, 9.17) is 21.1 Å². The standard InChI is InChI=1S/C19H24ClNO3/c1-13(9-14-7-8-18(23-2)19(10-14)24-3)21-12-17(22)15-5-4-6-16(20)11-15/h4-8,10-11,13,17,21-22H,9,12H2,1-3H3/t13?,17-/m0/s1. The molecule has 0 spiro atoms. The molecule has 0 fully saturated rings. The first-order valence-electron chi connectivity index (χ1n) is 7.91. The van der Waals surface area contributed by atoms with Gasteiger partial charge in [0.25, 0.3) is 0 Å². The quantitative estimate of drug-likeness (QED) is 0.764. The third-order valence-corrected chi connectivity index (χ3v) is 4.12. The fourth-order valence-electron chi connectivity index (χ4n) is 2.58. The van der Waals surface area contributed by atoms with Crippen molar-refractivity contribution in [1.29, 1.82) is 0 Å². The summed E-state index contributed by atoms with van der Waals surface area (Å²) in [7, 11) is 3.25. The van der Waals surface area contributed by atoms with Crippen LogP contribution in [0.25, 0.3) is 0 Å². The van der Waals surface area contributed by atoms with E-state index < -0.39 is 6.10 Å². The van der Waals surface area contributed by atoms with Crippen LogP contribution in [0, 0.1) is 0 Å². The second kappa shape index (κ2) is 8.92. The first-order valence-corrected chi connectivity index (χ1v) is 8.29. The molecule has 2 rings (SSSR count). The van der Waals surface area contributed by atoms with Crippen LogP contribution >= 0.6 is 11.6 Å². The van der Waals surface area contributed by atoms with E-state index in [0.717, 1.165) is 29.0 Å². The number of nitrogens with one attached hydrogen (secondary N) is 1. The molecule has 0 saturated carbocycles. The van der Waals surface area contributed by atoms with E-state index in [0.29, 0.717) is 11.6 Å². The van der Waals surface area contributed by atoms with Crippen LogP contribution in [0.5, 0.6) is 11.5 Å². The van der Waals surface area contributed by atoms with Gasteiger partial charge < -0.3 is 19.9 Å². The van der Waals surface area contributed by atoms with Gasteiger partial charge in [0.1, 0.15) is 0 Å². The summed E-state index contributed by atoms with van der Waals surface area (Å²) in [6, 6.07) is 13.4. The lowest BCUT2D eigenvalue weighted by Gasteiger charge is -2.18. The topological polar surface area (TPSA) is 50.7 Å². The molecule has 2 N–H and O–H groups in total. The highest BCUT2D eigenvalue weighted by molar-refractivity contribution is 6.30. The van der Waals surface area contributed by atoms with Gasteiger partial charge in [-0.3, -0.25) is 0 Å². The van der Waals surface area contributed by atoms with Gasteiger partial charge in [0.2, 0.25) is 0 Å². The molecule has 0 bridgehead atoms. The highest BCUT2D eigenvalue weighted by atomic mass is 35.5. The van der Waals surface area contributed by atoms with Crippen LogP contribution in [0.2, 0.25) is 5.02 Å². The molecule has 0 aromatic heterocycles. The van der Waals surface area contributed by atoms with E-state index in [-0.39, 0.29) is 6.04 Å². The summed E-state index contributed by atoms with van der Waals surface area (Å²) in [5.41, 5.74) is 1.96. The lowest BCUT2D eigenvalue weighted by molar-refractivity contribution is 0.170. The number of aliphatic hydroxyl groups excluding tert-OH is 1. The summed E-state index contributed by atoms with van der Waals surface area (Å²) >= 11 is 5.96. The van der Waals surface area contributed by atoms with Gasteiger partial charge in [-0.25, -0.2) is 0 Å². The molecule has 0 radical (unpaired) electrons. The summed E-state index contributed by atoms with van der Waals surface area (Å²) in [5.74, 6) is 1.44. The first kappa shape index (κ1) is 18.6. The van der Waals surface area contributed by atoms with Gasteiger partial charge in [0, 0.05) is 17.6 Å². The Balaban J connectivity index is 1.90. The molecule has 0 saturated heterocycles. The van der Waals surface area contributed by atoms with Crippen LogP contribution in [0.3, 0.4) is 0 Å². The van der Waals surface area contributed by atoms with Crippen LogP contribution < -0.4 is 14.8 Å². The summed E-state index contributed by atoms with van der Waals surface area (Å²) in [6.45, 7) is 2.55. The van der Waals surface area contributed by atoms with Crippen molar-refractivity contribution >= 4 is 11.6 Å². The maximum atomic E-state index is 10.3. The Morgan fingerprint density at radius 1 is 1.08 bits per heavy atom. The number of methoxy groups -OCH3 is 2. The zero-order valence-electron chi connectivity index (χ0n) is 14.3. The maximum absolute atomic E-state index is 10.3. The number of rotatable bonds is 8. The molecule has 0 aliphatic heterocycles. The highest BCUT2D eigenvalue weighted by Gasteiger charge is 2.11. The third kappa shape index (κ3) is 5.13. The molecule has 0 aliphatic rings. The number of halogens is 1. The van der Waals surface area contributed by atoms with Gasteiger partial charge >= 0.3 is 0 Å². The molecule has 0 aliphatic carbocycles.